The molecule has 0 radical (unpaired) electrons. The van der Waals surface area contributed by atoms with E-state index in [1.54, 1.807) is 6.07 Å². The normalized spacial score (nSPS) is 10.6. The molecule has 5 heteroatoms. The molecule has 0 aromatic heterocycles. The van der Waals surface area contributed by atoms with Gasteiger partial charge in [-0.2, -0.15) is 0 Å². The molecule has 0 saturated carbocycles. The summed E-state index contributed by atoms with van der Waals surface area (Å²) in [6, 6.07) is 5.50. The molecule has 0 amide bonds. The summed E-state index contributed by atoms with van der Waals surface area (Å²) in [6.45, 7) is 7.45. The van der Waals surface area contributed by atoms with Gasteiger partial charge in [0.15, 0.2) is 0 Å². The summed E-state index contributed by atoms with van der Waals surface area (Å²) in [6.07, 6.45) is 0. The van der Waals surface area contributed by atoms with Gasteiger partial charge in [-0.1, -0.05) is 26.0 Å². The number of benzene rings is 1. The number of nitro benzene ring substituents is 1. The predicted molar refractivity (Wildman–Crippen MR) is 69.5 cm³/mol. The zero-order valence-corrected chi connectivity index (χ0v) is 10.5. The number of aryl methyl sites for hydroxylation is 1. The van der Waals surface area contributed by atoms with Gasteiger partial charge in [-0.05, 0) is 12.5 Å². The lowest BCUT2D eigenvalue weighted by Crippen LogP contribution is -2.28. The second-order valence-electron chi connectivity index (χ2n) is 4.26. The van der Waals surface area contributed by atoms with Crippen molar-refractivity contribution in [2.75, 3.05) is 18.4 Å². The predicted octanol–water partition coefficient (Wildman–Crippen LogP) is 2.31. The Labute approximate surface area is 101 Å². The van der Waals surface area contributed by atoms with Crippen molar-refractivity contribution in [3.63, 3.8) is 0 Å². The summed E-state index contributed by atoms with van der Waals surface area (Å²) < 4.78 is 0. The van der Waals surface area contributed by atoms with E-state index in [4.69, 9.17) is 0 Å². The topological polar surface area (TPSA) is 67.2 Å². The van der Waals surface area contributed by atoms with Crippen LogP contribution in [-0.4, -0.2) is 24.1 Å². The summed E-state index contributed by atoms with van der Waals surface area (Å²) in [5.74, 6) is 0. The Morgan fingerprint density at radius 1 is 1.35 bits per heavy atom. The molecule has 0 aliphatic heterocycles. The van der Waals surface area contributed by atoms with Crippen molar-refractivity contribution < 1.29 is 4.92 Å². The van der Waals surface area contributed by atoms with Crippen molar-refractivity contribution in [3.05, 3.63) is 33.9 Å². The Bertz CT molecular complexity index is 391. The second-order valence-corrected chi connectivity index (χ2v) is 4.26. The molecule has 1 aromatic rings. The summed E-state index contributed by atoms with van der Waals surface area (Å²) >= 11 is 0. The van der Waals surface area contributed by atoms with Gasteiger partial charge < -0.3 is 10.6 Å². The average molecular weight is 237 g/mol. The number of nitrogens with zero attached hydrogens (tertiary/aromatic N) is 1. The molecule has 94 valence electrons. The molecule has 0 aliphatic rings. The highest BCUT2D eigenvalue weighted by Gasteiger charge is 2.14. The molecule has 0 bridgehead atoms. The summed E-state index contributed by atoms with van der Waals surface area (Å²) in [4.78, 5) is 10.5. The second kappa shape index (κ2) is 6.20. The third-order valence-electron chi connectivity index (χ3n) is 2.43. The molecule has 0 unspecified atom stereocenters. The maximum atomic E-state index is 10.9. The molecule has 1 aromatic carbocycles. The van der Waals surface area contributed by atoms with Crippen LogP contribution in [0, 0.1) is 17.0 Å². The third kappa shape index (κ3) is 4.03. The SMILES string of the molecule is Cc1cccc([N+](=O)[O-])c1NCCNC(C)C. The monoisotopic (exact) mass is 237 g/mol. The van der Waals surface area contributed by atoms with Crippen LogP contribution in [0.2, 0.25) is 0 Å². The quantitative estimate of drug-likeness (QED) is 0.452. The van der Waals surface area contributed by atoms with E-state index in [0.29, 0.717) is 18.3 Å². The molecule has 0 heterocycles. The van der Waals surface area contributed by atoms with Crippen LogP contribution < -0.4 is 10.6 Å². The van der Waals surface area contributed by atoms with Gasteiger partial charge >= 0.3 is 0 Å². The van der Waals surface area contributed by atoms with Gasteiger partial charge in [0.2, 0.25) is 0 Å². The highest BCUT2D eigenvalue weighted by molar-refractivity contribution is 5.65. The van der Waals surface area contributed by atoms with Crippen LogP contribution in [0.15, 0.2) is 18.2 Å². The Morgan fingerprint density at radius 2 is 2.06 bits per heavy atom. The molecule has 1 rings (SSSR count). The Balaban J connectivity index is 2.66. The molecular weight excluding hydrogens is 218 g/mol. The standard InChI is InChI=1S/C12H19N3O2/c1-9(2)13-7-8-14-12-10(3)5-4-6-11(12)15(16)17/h4-6,9,13-14H,7-8H2,1-3H3. The smallest absolute Gasteiger partial charge is 0.292 e. The van der Waals surface area contributed by atoms with Gasteiger partial charge in [0.05, 0.1) is 4.92 Å². The molecule has 0 spiro atoms. The molecule has 0 fully saturated rings. The van der Waals surface area contributed by atoms with E-state index < -0.39 is 0 Å². The van der Waals surface area contributed by atoms with Gasteiger partial charge in [0.25, 0.3) is 5.69 Å². The first-order chi connectivity index (χ1) is 8.02. The molecule has 17 heavy (non-hydrogen) atoms. The lowest BCUT2D eigenvalue weighted by Gasteiger charge is -2.11. The lowest BCUT2D eigenvalue weighted by atomic mass is 10.1. The number of nitrogens with one attached hydrogen (secondary N) is 2. The molecular formula is C12H19N3O2. The number of hydrogen-bond acceptors (Lipinski definition) is 4. The van der Waals surface area contributed by atoms with Crippen molar-refractivity contribution in [2.45, 2.75) is 26.8 Å². The Morgan fingerprint density at radius 3 is 2.65 bits per heavy atom. The number of para-hydroxylation sites is 1. The zero-order chi connectivity index (χ0) is 12.8. The van der Waals surface area contributed by atoms with Crippen molar-refractivity contribution in [1.29, 1.82) is 0 Å². The van der Waals surface area contributed by atoms with E-state index in [0.717, 1.165) is 12.1 Å². The maximum Gasteiger partial charge on any atom is 0.292 e. The highest BCUT2D eigenvalue weighted by atomic mass is 16.6. The van der Waals surface area contributed by atoms with Crippen LogP contribution in [-0.2, 0) is 0 Å². The van der Waals surface area contributed by atoms with Crippen LogP contribution in [0.5, 0.6) is 0 Å². The van der Waals surface area contributed by atoms with Crippen LogP contribution >= 0.6 is 0 Å². The van der Waals surface area contributed by atoms with E-state index in [1.807, 2.05) is 13.0 Å². The Kier molecular flexibility index (Phi) is 4.90. The van der Waals surface area contributed by atoms with Crippen LogP contribution in [0.1, 0.15) is 19.4 Å². The first-order valence-corrected chi connectivity index (χ1v) is 5.73. The zero-order valence-electron chi connectivity index (χ0n) is 10.5. The van der Waals surface area contributed by atoms with Crippen molar-refractivity contribution in [2.24, 2.45) is 0 Å². The van der Waals surface area contributed by atoms with E-state index in [1.165, 1.54) is 6.07 Å². The van der Waals surface area contributed by atoms with Gasteiger partial charge in [-0.3, -0.25) is 10.1 Å². The Hall–Kier alpha value is -1.62. The van der Waals surface area contributed by atoms with Crippen LogP contribution in [0.25, 0.3) is 0 Å². The summed E-state index contributed by atoms with van der Waals surface area (Å²) in [7, 11) is 0. The summed E-state index contributed by atoms with van der Waals surface area (Å²) in [5, 5.41) is 17.2. The molecule has 0 aliphatic carbocycles. The molecule has 0 atom stereocenters. The van der Waals surface area contributed by atoms with Crippen molar-refractivity contribution in [1.82, 2.24) is 5.32 Å². The maximum absolute atomic E-state index is 10.9. The number of hydrogen-bond donors (Lipinski definition) is 2. The largest absolute Gasteiger partial charge is 0.378 e. The molecule has 0 saturated heterocycles. The van der Waals surface area contributed by atoms with Crippen LogP contribution in [0.3, 0.4) is 0 Å². The molecule has 2 N–H and O–H groups in total. The van der Waals surface area contributed by atoms with Gasteiger partial charge in [-0.15, -0.1) is 0 Å². The first-order valence-electron chi connectivity index (χ1n) is 5.73. The minimum Gasteiger partial charge on any atom is -0.378 e. The van der Waals surface area contributed by atoms with E-state index in [2.05, 4.69) is 24.5 Å². The van der Waals surface area contributed by atoms with Gasteiger partial charge in [0, 0.05) is 25.2 Å². The third-order valence-corrected chi connectivity index (χ3v) is 2.43. The minimum absolute atomic E-state index is 0.134. The summed E-state index contributed by atoms with van der Waals surface area (Å²) in [5.41, 5.74) is 1.64. The fourth-order valence-corrected chi connectivity index (χ4v) is 1.58. The molecule has 5 nitrogen and oxygen atoms in total. The average Bonchev–Trinajstić information content (AvgIpc) is 2.25. The fraction of sp³-hybridized carbons (Fsp3) is 0.500. The van der Waals surface area contributed by atoms with Crippen LogP contribution in [0.4, 0.5) is 11.4 Å². The number of rotatable bonds is 6. The number of anilines is 1. The van der Waals surface area contributed by atoms with Crippen molar-refractivity contribution >= 4 is 11.4 Å². The van der Waals surface area contributed by atoms with E-state index >= 15 is 0 Å². The minimum atomic E-state index is -0.356. The fourth-order valence-electron chi connectivity index (χ4n) is 1.58. The first kappa shape index (κ1) is 13.4. The lowest BCUT2D eigenvalue weighted by molar-refractivity contribution is -0.384. The van der Waals surface area contributed by atoms with Crippen molar-refractivity contribution in [3.8, 4) is 0 Å². The number of nitro groups is 1. The van der Waals surface area contributed by atoms with E-state index in [9.17, 15) is 10.1 Å². The van der Waals surface area contributed by atoms with E-state index in [-0.39, 0.29) is 10.6 Å². The van der Waals surface area contributed by atoms with Gasteiger partial charge in [0.1, 0.15) is 5.69 Å². The van der Waals surface area contributed by atoms with Gasteiger partial charge in [-0.25, -0.2) is 0 Å². The highest BCUT2D eigenvalue weighted by Crippen LogP contribution is 2.27.